The summed E-state index contributed by atoms with van der Waals surface area (Å²) in [6, 6.07) is 10.4. The quantitative estimate of drug-likeness (QED) is 0.580. The molecule has 0 unspecified atom stereocenters. The van der Waals surface area contributed by atoms with Crippen molar-refractivity contribution in [2.45, 2.75) is 19.4 Å². The average Bonchev–Trinajstić information content (AvgIpc) is 3.14. The van der Waals surface area contributed by atoms with E-state index < -0.39 is 0 Å². The Morgan fingerprint density at radius 3 is 2.96 bits per heavy atom. The normalized spacial score (nSPS) is 14.6. The van der Waals surface area contributed by atoms with E-state index >= 15 is 0 Å². The van der Waals surface area contributed by atoms with Gasteiger partial charge in [-0.15, -0.1) is 0 Å². The largest absolute Gasteiger partial charge is 0.348 e. The van der Waals surface area contributed by atoms with E-state index in [2.05, 4.69) is 50.5 Å². The third-order valence-electron chi connectivity index (χ3n) is 4.89. The molecule has 5 rings (SSSR count). The van der Waals surface area contributed by atoms with Crippen LogP contribution in [-0.2, 0) is 6.54 Å². The molecule has 0 saturated heterocycles. The molecule has 1 aliphatic carbocycles. The van der Waals surface area contributed by atoms with Crippen molar-refractivity contribution >= 4 is 27.9 Å². The number of aromatic amines is 1. The Bertz CT molecular complexity index is 1110. The molecule has 1 aromatic carbocycles. The molecule has 25 heavy (non-hydrogen) atoms. The van der Waals surface area contributed by atoms with Gasteiger partial charge in [-0.2, -0.15) is 16.4 Å². The van der Waals surface area contributed by atoms with Gasteiger partial charge in [0.1, 0.15) is 0 Å². The molecule has 6 heteroatoms. The smallest absolute Gasteiger partial charge is 0.312 e. The first-order valence-corrected chi connectivity index (χ1v) is 9.50. The second-order valence-electron chi connectivity index (χ2n) is 6.71. The predicted octanol–water partition coefficient (Wildman–Crippen LogP) is 3.40. The first-order chi connectivity index (χ1) is 12.3. The first kappa shape index (κ1) is 14.9. The molecule has 0 aliphatic heterocycles. The highest BCUT2D eigenvalue weighted by Crippen LogP contribution is 2.29. The first-order valence-electron chi connectivity index (χ1n) is 8.56. The number of nitrogens with zero attached hydrogens (tertiary/aromatic N) is 2. The van der Waals surface area contributed by atoms with Gasteiger partial charge in [-0.25, -0.2) is 14.3 Å². The summed E-state index contributed by atoms with van der Waals surface area (Å²) in [4.78, 5) is 12.2. The summed E-state index contributed by atoms with van der Waals surface area (Å²) < 4.78 is 1.66. The van der Waals surface area contributed by atoms with Gasteiger partial charge < -0.3 is 5.32 Å². The molecular weight excluding hydrogens is 332 g/mol. The third-order valence-corrected chi connectivity index (χ3v) is 5.57. The van der Waals surface area contributed by atoms with Gasteiger partial charge in [0, 0.05) is 11.9 Å². The molecule has 1 aliphatic rings. The molecule has 0 bridgehead atoms. The molecule has 2 N–H and O–H groups in total. The van der Waals surface area contributed by atoms with Crippen molar-refractivity contribution in [2.24, 2.45) is 5.92 Å². The Hall–Kier alpha value is -2.44. The summed E-state index contributed by atoms with van der Waals surface area (Å²) in [5.41, 5.74) is 4.85. The molecule has 3 heterocycles. The van der Waals surface area contributed by atoms with Gasteiger partial charge in [0.25, 0.3) is 0 Å². The lowest BCUT2D eigenvalue weighted by molar-refractivity contribution is 0.640. The highest BCUT2D eigenvalue weighted by Gasteiger charge is 2.20. The van der Waals surface area contributed by atoms with E-state index in [9.17, 15) is 4.79 Å². The number of pyridine rings is 1. The minimum Gasteiger partial charge on any atom is -0.312 e. The van der Waals surface area contributed by atoms with Crippen molar-refractivity contribution in [3.63, 3.8) is 0 Å². The van der Waals surface area contributed by atoms with E-state index in [0.717, 1.165) is 35.5 Å². The maximum atomic E-state index is 12.2. The minimum atomic E-state index is -0.194. The number of rotatable bonds is 5. The Labute approximate surface area is 148 Å². The zero-order chi connectivity index (χ0) is 16.8. The Balaban J connectivity index is 1.66. The van der Waals surface area contributed by atoms with Crippen LogP contribution in [0, 0.1) is 5.92 Å². The van der Waals surface area contributed by atoms with E-state index in [1.807, 2.05) is 6.07 Å². The average molecular weight is 350 g/mol. The van der Waals surface area contributed by atoms with Crippen LogP contribution in [0.2, 0.25) is 0 Å². The predicted molar refractivity (Wildman–Crippen MR) is 101 cm³/mol. The second-order valence-corrected chi connectivity index (χ2v) is 7.49. The van der Waals surface area contributed by atoms with Gasteiger partial charge in [-0.3, -0.25) is 0 Å². The summed E-state index contributed by atoms with van der Waals surface area (Å²) in [7, 11) is 0. The Kier molecular flexibility index (Phi) is 3.46. The molecule has 0 spiro atoms. The standard InChI is InChI=1S/C19H18N4OS/c24-19-22-21-18-8-15(10-20-9-12-1-2-12)16-4-3-13(7-17(16)23(18)19)14-5-6-25-11-14/h3-8,11-12,20H,1-2,9-10H2,(H,22,24). The van der Waals surface area contributed by atoms with Crippen LogP contribution in [-0.4, -0.2) is 21.1 Å². The number of fused-ring (bicyclic) bond motifs is 3. The lowest BCUT2D eigenvalue weighted by Crippen LogP contribution is -2.17. The minimum absolute atomic E-state index is 0.194. The van der Waals surface area contributed by atoms with E-state index in [4.69, 9.17) is 0 Å². The van der Waals surface area contributed by atoms with Gasteiger partial charge in [-0.05, 0) is 71.0 Å². The maximum absolute atomic E-state index is 12.2. The molecule has 1 saturated carbocycles. The van der Waals surface area contributed by atoms with E-state index in [0.29, 0.717) is 5.65 Å². The highest BCUT2D eigenvalue weighted by molar-refractivity contribution is 7.08. The van der Waals surface area contributed by atoms with Crippen molar-refractivity contribution in [3.05, 3.63) is 57.1 Å². The molecular formula is C19H18N4OS. The lowest BCUT2D eigenvalue weighted by atomic mass is 10.0. The third kappa shape index (κ3) is 2.67. The molecule has 126 valence electrons. The fourth-order valence-corrected chi connectivity index (χ4v) is 4.01. The van der Waals surface area contributed by atoms with Gasteiger partial charge >= 0.3 is 5.69 Å². The molecule has 0 radical (unpaired) electrons. The number of hydrogen-bond acceptors (Lipinski definition) is 4. The number of aromatic nitrogens is 3. The van der Waals surface area contributed by atoms with Crippen LogP contribution < -0.4 is 11.0 Å². The zero-order valence-electron chi connectivity index (χ0n) is 13.7. The number of benzene rings is 1. The van der Waals surface area contributed by atoms with Crippen molar-refractivity contribution in [1.82, 2.24) is 19.9 Å². The molecule has 3 aromatic heterocycles. The van der Waals surface area contributed by atoms with Crippen LogP contribution in [0.3, 0.4) is 0 Å². The van der Waals surface area contributed by atoms with Crippen LogP contribution >= 0.6 is 11.3 Å². The molecule has 4 aromatic rings. The lowest BCUT2D eigenvalue weighted by Gasteiger charge is -2.11. The van der Waals surface area contributed by atoms with E-state index in [1.165, 1.54) is 24.0 Å². The van der Waals surface area contributed by atoms with Crippen LogP contribution in [0.25, 0.3) is 27.7 Å². The topological polar surface area (TPSA) is 62.2 Å². The number of H-pyrrole nitrogens is 1. The summed E-state index contributed by atoms with van der Waals surface area (Å²) in [6.07, 6.45) is 2.68. The van der Waals surface area contributed by atoms with Crippen molar-refractivity contribution in [1.29, 1.82) is 0 Å². The maximum Gasteiger partial charge on any atom is 0.348 e. The van der Waals surface area contributed by atoms with Gasteiger partial charge in [-0.1, -0.05) is 12.1 Å². The zero-order valence-corrected chi connectivity index (χ0v) is 14.5. The van der Waals surface area contributed by atoms with E-state index in [-0.39, 0.29) is 5.69 Å². The SMILES string of the molecule is O=c1[nH]nc2cc(CNCC3CC3)c3ccc(-c4ccsc4)cc3n12. The van der Waals surface area contributed by atoms with Crippen LogP contribution in [0.1, 0.15) is 18.4 Å². The molecule has 0 amide bonds. The van der Waals surface area contributed by atoms with Crippen LogP contribution in [0.4, 0.5) is 0 Å². The Morgan fingerprint density at radius 2 is 2.16 bits per heavy atom. The highest BCUT2D eigenvalue weighted by atomic mass is 32.1. The van der Waals surface area contributed by atoms with Crippen molar-refractivity contribution < 1.29 is 0 Å². The van der Waals surface area contributed by atoms with Gasteiger partial charge in [0.05, 0.1) is 5.52 Å². The summed E-state index contributed by atoms with van der Waals surface area (Å²) in [5, 5.41) is 15.6. The number of nitrogens with one attached hydrogen (secondary N) is 2. The van der Waals surface area contributed by atoms with Gasteiger partial charge in [0.15, 0.2) is 5.65 Å². The molecule has 0 atom stereocenters. The number of hydrogen-bond donors (Lipinski definition) is 2. The Morgan fingerprint density at radius 1 is 1.24 bits per heavy atom. The fraction of sp³-hybridized carbons (Fsp3) is 0.263. The molecule has 5 nitrogen and oxygen atoms in total. The summed E-state index contributed by atoms with van der Waals surface area (Å²) >= 11 is 1.67. The summed E-state index contributed by atoms with van der Waals surface area (Å²) in [5.74, 6) is 0.841. The monoisotopic (exact) mass is 350 g/mol. The van der Waals surface area contributed by atoms with Crippen LogP contribution in [0.15, 0.2) is 45.9 Å². The van der Waals surface area contributed by atoms with Gasteiger partial charge in [0.2, 0.25) is 0 Å². The van der Waals surface area contributed by atoms with Crippen molar-refractivity contribution in [3.8, 4) is 11.1 Å². The second kappa shape index (κ2) is 5.82. The number of thiophene rings is 1. The fourth-order valence-electron chi connectivity index (χ4n) is 3.35. The summed E-state index contributed by atoms with van der Waals surface area (Å²) in [6.45, 7) is 1.86. The van der Waals surface area contributed by atoms with Crippen LogP contribution in [0.5, 0.6) is 0 Å². The van der Waals surface area contributed by atoms with E-state index in [1.54, 1.807) is 15.7 Å². The van der Waals surface area contributed by atoms with Crippen molar-refractivity contribution in [2.75, 3.05) is 6.54 Å². The molecule has 1 fully saturated rings.